The lowest BCUT2D eigenvalue weighted by Gasteiger charge is -2.25. The van der Waals surface area contributed by atoms with Crippen LogP contribution < -0.4 is 16.4 Å². The van der Waals surface area contributed by atoms with Crippen LogP contribution in [0.15, 0.2) is 12.1 Å². The lowest BCUT2D eigenvalue weighted by atomic mass is 10.1. The smallest absolute Gasteiger partial charge is 0.236 e. The Labute approximate surface area is 109 Å². The van der Waals surface area contributed by atoms with E-state index in [2.05, 4.69) is 6.92 Å². The number of nitrogen functional groups attached to an aromatic ring is 1. The van der Waals surface area contributed by atoms with Crippen molar-refractivity contribution in [3.63, 3.8) is 0 Å². The van der Waals surface area contributed by atoms with E-state index in [-0.39, 0.29) is 12.5 Å². The maximum Gasteiger partial charge on any atom is 0.236 e. The quantitative estimate of drug-likeness (QED) is 0.757. The number of amides is 1. The summed E-state index contributed by atoms with van der Waals surface area (Å²) in [6.07, 6.45) is 2.08. The molecule has 0 heterocycles. The average Bonchev–Trinajstić information content (AvgIpc) is 2.29. The highest BCUT2D eigenvalue weighted by Gasteiger charge is 2.13. The number of benzene rings is 1. The minimum atomic E-state index is -0.330. The van der Waals surface area contributed by atoms with Crippen LogP contribution in [0.3, 0.4) is 0 Å². The van der Waals surface area contributed by atoms with E-state index >= 15 is 0 Å². The summed E-state index contributed by atoms with van der Waals surface area (Å²) >= 11 is 0. The van der Waals surface area contributed by atoms with Crippen LogP contribution in [0.25, 0.3) is 0 Å². The van der Waals surface area contributed by atoms with Gasteiger partial charge in [0.05, 0.1) is 17.9 Å². The number of carbonyl (C=O) groups is 1. The van der Waals surface area contributed by atoms with Crippen molar-refractivity contribution in [2.45, 2.75) is 33.6 Å². The summed E-state index contributed by atoms with van der Waals surface area (Å²) in [6.45, 7) is 7.20. The van der Waals surface area contributed by atoms with E-state index in [1.807, 2.05) is 30.9 Å². The number of carbonyl (C=O) groups excluding carboxylic acids is 1. The van der Waals surface area contributed by atoms with Gasteiger partial charge in [0.25, 0.3) is 0 Å². The molecular weight excluding hydrogens is 226 g/mol. The van der Waals surface area contributed by atoms with Gasteiger partial charge in [0.2, 0.25) is 5.91 Å². The number of hydrogen-bond acceptors (Lipinski definition) is 3. The second-order valence-electron chi connectivity index (χ2n) is 4.74. The summed E-state index contributed by atoms with van der Waals surface area (Å²) < 4.78 is 0. The fourth-order valence-electron chi connectivity index (χ4n) is 1.92. The molecule has 0 atom stereocenters. The van der Waals surface area contributed by atoms with Gasteiger partial charge in [-0.25, -0.2) is 0 Å². The number of primary amides is 1. The lowest BCUT2D eigenvalue weighted by molar-refractivity contribution is -0.116. The minimum Gasteiger partial charge on any atom is -0.397 e. The first-order valence-electron chi connectivity index (χ1n) is 6.35. The Bertz CT molecular complexity index is 429. The van der Waals surface area contributed by atoms with Gasteiger partial charge in [0.15, 0.2) is 0 Å². The van der Waals surface area contributed by atoms with E-state index in [4.69, 9.17) is 11.5 Å². The fourth-order valence-corrected chi connectivity index (χ4v) is 1.92. The Kier molecular flexibility index (Phi) is 5.01. The molecule has 0 fully saturated rings. The molecule has 0 aromatic heterocycles. The zero-order chi connectivity index (χ0) is 13.7. The summed E-state index contributed by atoms with van der Waals surface area (Å²) in [7, 11) is 0. The van der Waals surface area contributed by atoms with Crippen LogP contribution in [-0.2, 0) is 4.79 Å². The molecule has 0 aliphatic carbocycles. The summed E-state index contributed by atoms with van der Waals surface area (Å²) in [5.41, 5.74) is 15.3. The highest BCUT2D eigenvalue weighted by Crippen LogP contribution is 2.27. The number of hydrogen-bond donors (Lipinski definition) is 2. The standard InChI is InChI=1S/C14H23N3O/c1-4-5-6-17(9-14(16)18)13-8-11(3)10(2)7-12(13)15/h7-8H,4-6,9,15H2,1-3H3,(H2,16,18). The molecule has 4 N–H and O–H groups in total. The Balaban J connectivity index is 3.03. The van der Waals surface area contributed by atoms with Crippen molar-refractivity contribution in [1.82, 2.24) is 0 Å². The molecule has 0 saturated carbocycles. The van der Waals surface area contributed by atoms with Gasteiger partial charge < -0.3 is 16.4 Å². The number of nitrogens with two attached hydrogens (primary N) is 2. The van der Waals surface area contributed by atoms with E-state index in [0.29, 0.717) is 5.69 Å². The molecule has 0 radical (unpaired) electrons. The molecule has 0 unspecified atom stereocenters. The highest BCUT2D eigenvalue weighted by molar-refractivity contribution is 5.82. The maximum atomic E-state index is 11.1. The molecular formula is C14H23N3O. The van der Waals surface area contributed by atoms with Crippen molar-refractivity contribution in [2.24, 2.45) is 5.73 Å². The first kappa shape index (κ1) is 14.4. The van der Waals surface area contributed by atoms with E-state index in [1.165, 1.54) is 5.56 Å². The fraction of sp³-hybridized carbons (Fsp3) is 0.500. The normalized spacial score (nSPS) is 10.4. The molecule has 1 rings (SSSR count). The Morgan fingerprint density at radius 3 is 2.44 bits per heavy atom. The van der Waals surface area contributed by atoms with Crippen LogP contribution in [0.4, 0.5) is 11.4 Å². The number of unbranched alkanes of at least 4 members (excludes halogenated alkanes) is 1. The summed E-state index contributed by atoms with van der Waals surface area (Å²) in [5, 5.41) is 0. The van der Waals surface area contributed by atoms with Gasteiger partial charge in [-0.15, -0.1) is 0 Å². The Morgan fingerprint density at radius 1 is 1.28 bits per heavy atom. The molecule has 0 saturated heterocycles. The van der Waals surface area contributed by atoms with Gasteiger partial charge in [-0.05, 0) is 43.5 Å². The lowest BCUT2D eigenvalue weighted by Crippen LogP contribution is -2.35. The van der Waals surface area contributed by atoms with Gasteiger partial charge in [0.1, 0.15) is 0 Å². The van der Waals surface area contributed by atoms with Crippen molar-refractivity contribution in [2.75, 3.05) is 23.7 Å². The zero-order valence-corrected chi connectivity index (χ0v) is 11.5. The van der Waals surface area contributed by atoms with Crippen molar-refractivity contribution >= 4 is 17.3 Å². The summed E-state index contributed by atoms with van der Waals surface area (Å²) in [4.78, 5) is 13.1. The second-order valence-corrected chi connectivity index (χ2v) is 4.74. The van der Waals surface area contributed by atoms with E-state index in [0.717, 1.165) is 30.6 Å². The van der Waals surface area contributed by atoms with E-state index in [1.54, 1.807) is 0 Å². The number of aryl methyl sites for hydroxylation is 2. The van der Waals surface area contributed by atoms with Crippen LogP contribution in [-0.4, -0.2) is 19.0 Å². The highest BCUT2D eigenvalue weighted by atomic mass is 16.1. The molecule has 1 aromatic carbocycles. The molecule has 0 bridgehead atoms. The van der Waals surface area contributed by atoms with Gasteiger partial charge >= 0.3 is 0 Å². The monoisotopic (exact) mass is 249 g/mol. The van der Waals surface area contributed by atoms with Gasteiger partial charge in [-0.2, -0.15) is 0 Å². The van der Waals surface area contributed by atoms with Crippen LogP contribution in [0.2, 0.25) is 0 Å². The first-order chi connectivity index (χ1) is 8.45. The van der Waals surface area contributed by atoms with Gasteiger partial charge in [0, 0.05) is 6.54 Å². The van der Waals surface area contributed by atoms with Gasteiger partial charge in [-0.1, -0.05) is 13.3 Å². The predicted molar refractivity (Wildman–Crippen MR) is 76.6 cm³/mol. The van der Waals surface area contributed by atoms with Crippen LogP contribution in [0.5, 0.6) is 0 Å². The molecule has 0 aliphatic rings. The van der Waals surface area contributed by atoms with Gasteiger partial charge in [-0.3, -0.25) is 4.79 Å². The zero-order valence-electron chi connectivity index (χ0n) is 11.5. The van der Waals surface area contributed by atoms with Crippen molar-refractivity contribution in [3.05, 3.63) is 23.3 Å². The Morgan fingerprint density at radius 2 is 1.89 bits per heavy atom. The average molecular weight is 249 g/mol. The van der Waals surface area contributed by atoms with Crippen molar-refractivity contribution < 1.29 is 4.79 Å². The van der Waals surface area contributed by atoms with Crippen LogP contribution in [0, 0.1) is 13.8 Å². The Hall–Kier alpha value is -1.71. The first-order valence-corrected chi connectivity index (χ1v) is 6.35. The topological polar surface area (TPSA) is 72.3 Å². The largest absolute Gasteiger partial charge is 0.397 e. The molecule has 0 spiro atoms. The van der Waals surface area contributed by atoms with E-state index < -0.39 is 0 Å². The molecule has 0 aliphatic heterocycles. The number of anilines is 2. The van der Waals surface area contributed by atoms with E-state index in [9.17, 15) is 4.79 Å². The van der Waals surface area contributed by atoms with Crippen LogP contribution in [0.1, 0.15) is 30.9 Å². The van der Waals surface area contributed by atoms with Crippen molar-refractivity contribution in [3.8, 4) is 0 Å². The third-order valence-corrected chi connectivity index (χ3v) is 3.11. The minimum absolute atomic E-state index is 0.215. The molecule has 4 nitrogen and oxygen atoms in total. The molecule has 18 heavy (non-hydrogen) atoms. The summed E-state index contributed by atoms with van der Waals surface area (Å²) in [6, 6.07) is 3.98. The second kappa shape index (κ2) is 6.28. The third-order valence-electron chi connectivity index (χ3n) is 3.11. The number of rotatable bonds is 6. The summed E-state index contributed by atoms with van der Waals surface area (Å²) in [5.74, 6) is -0.330. The predicted octanol–water partition coefficient (Wildman–Crippen LogP) is 1.98. The van der Waals surface area contributed by atoms with Crippen LogP contribution >= 0.6 is 0 Å². The number of nitrogens with zero attached hydrogens (tertiary/aromatic N) is 1. The molecule has 1 aromatic rings. The molecule has 1 amide bonds. The third kappa shape index (κ3) is 3.65. The molecule has 100 valence electrons. The SMILES string of the molecule is CCCCN(CC(N)=O)c1cc(C)c(C)cc1N. The van der Waals surface area contributed by atoms with Crippen molar-refractivity contribution in [1.29, 1.82) is 0 Å². The maximum absolute atomic E-state index is 11.1. The molecule has 4 heteroatoms.